The number of ether oxygens (including phenoxy) is 1. The second kappa shape index (κ2) is 5.85. The van der Waals surface area contributed by atoms with Crippen LogP contribution in [0.5, 0.6) is 0 Å². The molecule has 2 aromatic rings. The van der Waals surface area contributed by atoms with Gasteiger partial charge < -0.3 is 15.4 Å². The lowest BCUT2D eigenvalue weighted by Gasteiger charge is -2.31. The Labute approximate surface area is 140 Å². The Morgan fingerprint density at radius 2 is 1.83 bits per heavy atom. The summed E-state index contributed by atoms with van der Waals surface area (Å²) in [7, 11) is 0. The van der Waals surface area contributed by atoms with E-state index < -0.39 is 0 Å². The summed E-state index contributed by atoms with van der Waals surface area (Å²) in [5.41, 5.74) is 10.2. The van der Waals surface area contributed by atoms with Crippen molar-refractivity contribution in [1.29, 1.82) is 0 Å². The lowest BCUT2D eigenvalue weighted by molar-refractivity contribution is 0.0305. The Balaban J connectivity index is 1.69. The molecule has 23 heavy (non-hydrogen) atoms. The Kier molecular flexibility index (Phi) is 3.83. The normalized spacial score (nSPS) is 23.5. The number of hydrogen-bond donors (Lipinski definition) is 1. The summed E-state index contributed by atoms with van der Waals surface area (Å²) in [5.74, 6) is 0. The molecule has 122 valence electrons. The first-order chi connectivity index (χ1) is 11.1. The number of nitrogens with two attached hydrogens (primary N) is 1. The van der Waals surface area contributed by atoms with Gasteiger partial charge in [-0.25, -0.2) is 4.98 Å². The van der Waals surface area contributed by atoms with E-state index in [0.717, 1.165) is 35.3 Å². The first-order valence-corrected chi connectivity index (χ1v) is 9.00. The fraction of sp³-hybridized carbons (Fsp3) is 0.529. The number of fused-ring (bicyclic) bond motifs is 2. The summed E-state index contributed by atoms with van der Waals surface area (Å²) < 4.78 is 5.93. The minimum absolute atomic E-state index is 0.368. The molecule has 0 aromatic carbocycles. The van der Waals surface area contributed by atoms with Crippen molar-refractivity contribution in [3.8, 4) is 10.4 Å². The number of thiazole rings is 1. The van der Waals surface area contributed by atoms with E-state index >= 15 is 0 Å². The van der Waals surface area contributed by atoms with Crippen molar-refractivity contribution < 1.29 is 4.74 Å². The van der Waals surface area contributed by atoms with Crippen molar-refractivity contribution in [2.45, 2.75) is 45.4 Å². The molecule has 2 aliphatic rings. The van der Waals surface area contributed by atoms with Crippen molar-refractivity contribution >= 4 is 16.5 Å². The lowest BCUT2D eigenvalue weighted by Crippen LogP contribution is -2.42. The fourth-order valence-corrected chi connectivity index (χ4v) is 4.67. The van der Waals surface area contributed by atoms with Gasteiger partial charge in [0, 0.05) is 31.0 Å². The summed E-state index contributed by atoms with van der Waals surface area (Å²) in [6.07, 6.45) is 3.08. The number of hydrogen-bond acceptors (Lipinski definition) is 6. The SMILES string of the molecule is Cc1cc(-c2sc(N3CC4CCC(C3)O4)nc2CN)cc(C)n1. The highest BCUT2D eigenvalue weighted by Crippen LogP contribution is 2.38. The van der Waals surface area contributed by atoms with Crippen molar-refractivity contribution in [1.82, 2.24) is 9.97 Å². The standard InChI is InChI=1S/C17H22N4OS/c1-10-5-12(6-11(2)19-10)16-15(7-18)20-17(23-16)21-8-13-3-4-14(9-21)22-13/h5-6,13-14H,3-4,7-9,18H2,1-2H3. The zero-order chi connectivity index (χ0) is 16.0. The summed E-state index contributed by atoms with van der Waals surface area (Å²) in [6.45, 7) is 6.41. The van der Waals surface area contributed by atoms with E-state index in [2.05, 4.69) is 22.0 Å². The number of morpholine rings is 1. The van der Waals surface area contributed by atoms with Gasteiger partial charge in [0.2, 0.25) is 0 Å². The molecule has 5 nitrogen and oxygen atoms in total. The van der Waals surface area contributed by atoms with Gasteiger partial charge in [-0.1, -0.05) is 11.3 Å². The van der Waals surface area contributed by atoms with Gasteiger partial charge in [0.15, 0.2) is 5.13 Å². The Morgan fingerprint density at radius 1 is 1.17 bits per heavy atom. The Bertz CT molecular complexity index is 697. The smallest absolute Gasteiger partial charge is 0.186 e. The molecule has 0 saturated carbocycles. The van der Waals surface area contributed by atoms with Gasteiger partial charge in [-0.15, -0.1) is 0 Å². The third-order valence-electron chi connectivity index (χ3n) is 4.54. The highest BCUT2D eigenvalue weighted by atomic mass is 32.1. The molecule has 2 atom stereocenters. The molecule has 4 heterocycles. The maximum absolute atomic E-state index is 5.96. The summed E-state index contributed by atoms with van der Waals surface area (Å²) in [6, 6.07) is 4.24. The van der Waals surface area contributed by atoms with Crippen LogP contribution in [0.3, 0.4) is 0 Å². The van der Waals surface area contributed by atoms with E-state index in [-0.39, 0.29) is 0 Å². The first kappa shape index (κ1) is 15.1. The molecule has 2 saturated heterocycles. The molecule has 2 aliphatic heterocycles. The molecular formula is C17H22N4OS. The van der Waals surface area contributed by atoms with Crippen LogP contribution in [0.25, 0.3) is 10.4 Å². The van der Waals surface area contributed by atoms with Crippen LogP contribution >= 0.6 is 11.3 Å². The van der Waals surface area contributed by atoms with Gasteiger partial charge in [0.25, 0.3) is 0 Å². The number of nitrogens with zero attached hydrogens (tertiary/aromatic N) is 3. The number of rotatable bonds is 3. The molecule has 2 bridgehead atoms. The van der Waals surface area contributed by atoms with Crippen LogP contribution in [0.15, 0.2) is 12.1 Å². The minimum Gasteiger partial charge on any atom is -0.371 e. The zero-order valence-electron chi connectivity index (χ0n) is 13.6. The van der Waals surface area contributed by atoms with Gasteiger partial charge in [-0.3, -0.25) is 4.98 Å². The molecule has 4 rings (SSSR count). The quantitative estimate of drug-likeness (QED) is 0.937. The topological polar surface area (TPSA) is 64.3 Å². The van der Waals surface area contributed by atoms with E-state index in [0.29, 0.717) is 18.8 Å². The van der Waals surface area contributed by atoms with Crippen molar-refractivity contribution in [3.05, 3.63) is 29.2 Å². The van der Waals surface area contributed by atoms with E-state index in [1.54, 1.807) is 11.3 Å². The molecule has 0 aliphatic carbocycles. The molecule has 2 unspecified atom stereocenters. The monoisotopic (exact) mass is 330 g/mol. The highest BCUT2D eigenvalue weighted by molar-refractivity contribution is 7.19. The van der Waals surface area contributed by atoms with Crippen LogP contribution in [0, 0.1) is 13.8 Å². The van der Waals surface area contributed by atoms with Gasteiger partial charge in [0.1, 0.15) is 0 Å². The fourth-order valence-electron chi connectivity index (χ4n) is 3.57. The number of anilines is 1. The summed E-state index contributed by atoms with van der Waals surface area (Å²) in [5, 5.41) is 1.08. The predicted octanol–water partition coefficient (Wildman–Crippen LogP) is 2.65. The third kappa shape index (κ3) is 2.86. The summed E-state index contributed by atoms with van der Waals surface area (Å²) in [4.78, 5) is 12.8. The average Bonchev–Trinajstić information content (AvgIpc) is 3.09. The molecule has 2 fully saturated rings. The first-order valence-electron chi connectivity index (χ1n) is 8.18. The van der Waals surface area contributed by atoms with Crippen LogP contribution < -0.4 is 10.6 Å². The Morgan fingerprint density at radius 3 is 2.43 bits per heavy atom. The van der Waals surface area contributed by atoms with Crippen LogP contribution in [0.2, 0.25) is 0 Å². The van der Waals surface area contributed by atoms with Crippen LogP contribution in [-0.2, 0) is 11.3 Å². The lowest BCUT2D eigenvalue weighted by atomic mass is 10.1. The van der Waals surface area contributed by atoms with Crippen molar-refractivity contribution in [2.24, 2.45) is 5.73 Å². The van der Waals surface area contributed by atoms with Gasteiger partial charge in [0.05, 0.1) is 22.8 Å². The Hall–Kier alpha value is -1.50. The average molecular weight is 330 g/mol. The number of pyridine rings is 1. The molecule has 2 N–H and O–H groups in total. The molecule has 6 heteroatoms. The number of aryl methyl sites for hydroxylation is 2. The van der Waals surface area contributed by atoms with E-state index in [9.17, 15) is 0 Å². The van der Waals surface area contributed by atoms with Gasteiger partial charge in [-0.2, -0.15) is 0 Å². The van der Waals surface area contributed by atoms with Crippen molar-refractivity contribution in [2.75, 3.05) is 18.0 Å². The molecule has 0 spiro atoms. The number of aromatic nitrogens is 2. The predicted molar refractivity (Wildman–Crippen MR) is 92.8 cm³/mol. The molecule has 0 radical (unpaired) electrons. The second-order valence-corrected chi connectivity index (χ2v) is 7.45. The molecule has 0 amide bonds. The maximum atomic E-state index is 5.96. The minimum atomic E-state index is 0.368. The second-order valence-electron chi connectivity index (χ2n) is 6.48. The third-order valence-corrected chi connectivity index (χ3v) is 5.74. The molecular weight excluding hydrogens is 308 g/mol. The summed E-state index contributed by atoms with van der Waals surface area (Å²) >= 11 is 1.74. The van der Waals surface area contributed by atoms with Crippen LogP contribution in [-0.4, -0.2) is 35.3 Å². The van der Waals surface area contributed by atoms with E-state index in [1.807, 2.05) is 13.8 Å². The molecule has 2 aromatic heterocycles. The highest BCUT2D eigenvalue weighted by Gasteiger charge is 2.35. The van der Waals surface area contributed by atoms with E-state index in [4.69, 9.17) is 15.5 Å². The van der Waals surface area contributed by atoms with Crippen LogP contribution in [0.4, 0.5) is 5.13 Å². The largest absolute Gasteiger partial charge is 0.371 e. The van der Waals surface area contributed by atoms with Gasteiger partial charge >= 0.3 is 0 Å². The maximum Gasteiger partial charge on any atom is 0.186 e. The zero-order valence-corrected chi connectivity index (χ0v) is 14.4. The van der Waals surface area contributed by atoms with E-state index in [1.165, 1.54) is 23.3 Å². The van der Waals surface area contributed by atoms with Crippen LogP contribution in [0.1, 0.15) is 29.9 Å². The van der Waals surface area contributed by atoms with Crippen molar-refractivity contribution in [3.63, 3.8) is 0 Å². The van der Waals surface area contributed by atoms with Gasteiger partial charge in [-0.05, 0) is 44.4 Å².